The van der Waals surface area contributed by atoms with E-state index in [1.165, 1.54) is 14.2 Å². The molecule has 4 nitrogen and oxygen atoms in total. The Morgan fingerprint density at radius 1 is 1.47 bits per heavy atom. The van der Waals surface area contributed by atoms with Crippen LogP contribution < -0.4 is 4.74 Å². The van der Waals surface area contributed by atoms with Crippen LogP contribution in [0.2, 0.25) is 0 Å². The molecule has 0 saturated carbocycles. The number of ether oxygens (including phenoxy) is 2. The first-order valence-electron chi connectivity index (χ1n) is 6.27. The number of methoxy groups -OCH3 is 2. The fourth-order valence-corrected chi connectivity index (χ4v) is 2.41. The van der Waals surface area contributed by atoms with Crippen molar-refractivity contribution in [1.82, 2.24) is 4.90 Å². The predicted molar refractivity (Wildman–Crippen MR) is 68.4 cm³/mol. The Morgan fingerprint density at radius 3 is 2.95 bits per heavy atom. The van der Waals surface area contributed by atoms with Crippen molar-refractivity contribution in [3.63, 3.8) is 0 Å². The van der Waals surface area contributed by atoms with Crippen molar-refractivity contribution in [2.45, 2.75) is 13.0 Å². The molecule has 0 aromatic heterocycles. The van der Waals surface area contributed by atoms with Crippen molar-refractivity contribution in [1.29, 1.82) is 0 Å². The number of rotatable bonds is 4. The van der Waals surface area contributed by atoms with E-state index in [0.29, 0.717) is 18.7 Å². The van der Waals surface area contributed by atoms with Crippen LogP contribution in [0.4, 0.5) is 4.39 Å². The number of hydrogen-bond donors (Lipinski definition) is 0. The maximum Gasteiger partial charge on any atom is 0.310 e. The smallest absolute Gasteiger partial charge is 0.310 e. The Morgan fingerprint density at radius 2 is 2.26 bits per heavy atom. The van der Waals surface area contributed by atoms with Gasteiger partial charge in [-0.3, -0.25) is 9.69 Å². The summed E-state index contributed by atoms with van der Waals surface area (Å²) in [6.07, 6.45) is 0.762. The highest BCUT2D eigenvalue weighted by molar-refractivity contribution is 5.72. The molecule has 1 heterocycles. The molecule has 1 aliphatic rings. The summed E-state index contributed by atoms with van der Waals surface area (Å²) in [4.78, 5) is 13.5. The van der Waals surface area contributed by atoms with Crippen molar-refractivity contribution in [2.24, 2.45) is 5.92 Å². The number of likely N-dealkylation sites (tertiary alicyclic amines) is 1. The molecule has 1 saturated heterocycles. The second-order valence-electron chi connectivity index (χ2n) is 4.68. The third kappa shape index (κ3) is 3.04. The Balaban J connectivity index is 2.01. The zero-order valence-corrected chi connectivity index (χ0v) is 11.2. The molecule has 1 atom stereocenters. The number of esters is 1. The molecule has 0 bridgehead atoms. The van der Waals surface area contributed by atoms with Gasteiger partial charge in [-0.15, -0.1) is 0 Å². The van der Waals surface area contributed by atoms with E-state index < -0.39 is 0 Å². The maximum absolute atomic E-state index is 14.0. The monoisotopic (exact) mass is 267 g/mol. The molecular weight excluding hydrogens is 249 g/mol. The van der Waals surface area contributed by atoms with Gasteiger partial charge in [0.25, 0.3) is 0 Å². The largest absolute Gasteiger partial charge is 0.494 e. The summed E-state index contributed by atoms with van der Waals surface area (Å²) < 4.78 is 23.7. The molecule has 1 aromatic rings. The first-order chi connectivity index (χ1) is 9.15. The summed E-state index contributed by atoms with van der Waals surface area (Å²) in [5.41, 5.74) is 0.588. The minimum absolute atomic E-state index is 0.0985. The summed E-state index contributed by atoms with van der Waals surface area (Å²) in [7, 11) is 2.85. The highest BCUT2D eigenvalue weighted by Crippen LogP contribution is 2.24. The summed E-state index contributed by atoms with van der Waals surface area (Å²) >= 11 is 0. The number of nitrogens with zero attached hydrogens (tertiary/aromatic N) is 1. The van der Waals surface area contributed by atoms with Crippen molar-refractivity contribution >= 4 is 5.97 Å². The fourth-order valence-electron chi connectivity index (χ4n) is 2.41. The van der Waals surface area contributed by atoms with Crippen molar-refractivity contribution in [3.05, 3.63) is 29.6 Å². The molecule has 19 heavy (non-hydrogen) atoms. The van der Waals surface area contributed by atoms with E-state index in [2.05, 4.69) is 4.90 Å². The number of carbonyl (C=O) groups excluding carboxylic acids is 1. The molecule has 1 aliphatic heterocycles. The van der Waals surface area contributed by atoms with Crippen LogP contribution in [0.15, 0.2) is 18.2 Å². The molecule has 1 fully saturated rings. The zero-order valence-electron chi connectivity index (χ0n) is 11.2. The van der Waals surface area contributed by atoms with Gasteiger partial charge in [-0.1, -0.05) is 12.1 Å². The summed E-state index contributed by atoms with van der Waals surface area (Å²) in [5.74, 6) is -0.361. The quantitative estimate of drug-likeness (QED) is 0.780. The van der Waals surface area contributed by atoms with E-state index in [-0.39, 0.29) is 23.5 Å². The lowest BCUT2D eigenvalue weighted by atomic mass is 10.1. The Labute approximate surface area is 112 Å². The van der Waals surface area contributed by atoms with Crippen molar-refractivity contribution in [3.8, 4) is 5.75 Å². The van der Waals surface area contributed by atoms with Gasteiger partial charge in [0, 0.05) is 18.7 Å². The van der Waals surface area contributed by atoms with E-state index in [4.69, 9.17) is 9.47 Å². The second kappa shape index (κ2) is 6.02. The van der Waals surface area contributed by atoms with E-state index in [1.807, 2.05) is 0 Å². The molecule has 2 rings (SSSR count). The van der Waals surface area contributed by atoms with E-state index in [1.54, 1.807) is 18.2 Å². The van der Waals surface area contributed by atoms with E-state index in [9.17, 15) is 9.18 Å². The lowest BCUT2D eigenvalue weighted by Crippen LogP contribution is -2.24. The first-order valence-corrected chi connectivity index (χ1v) is 6.27. The normalized spacial score (nSPS) is 19.4. The van der Waals surface area contributed by atoms with E-state index >= 15 is 0 Å². The number of carbonyl (C=O) groups is 1. The number of halogens is 1. The molecule has 0 N–H and O–H groups in total. The van der Waals surface area contributed by atoms with Gasteiger partial charge in [0.1, 0.15) is 0 Å². The van der Waals surface area contributed by atoms with Gasteiger partial charge in [0.2, 0.25) is 0 Å². The molecule has 0 aliphatic carbocycles. The predicted octanol–water partition coefficient (Wildman–Crippen LogP) is 1.83. The Kier molecular flexibility index (Phi) is 4.37. The van der Waals surface area contributed by atoms with Gasteiger partial charge in [-0.05, 0) is 19.0 Å². The van der Waals surface area contributed by atoms with Crippen LogP contribution in [0.5, 0.6) is 5.75 Å². The lowest BCUT2D eigenvalue weighted by Gasteiger charge is -2.16. The van der Waals surface area contributed by atoms with Gasteiger partial charge in [-0.2, -0.15) is 0 Å². The highest BCUT2D eigenvalue weighted by atomic mass is 19.1. The molecule has 5 heteroatoms. The van der Waals surface area contributed by atoms with Crippen LogP contribution in [0, 0.1) is 11.7 Å². The SMILES string of the molecule is COC(=O)C1CCN(Cc2cccc(OC)c2F)C1. The van der Waals surface area contributed by atoms with Crippen LogP contribution in [-0.4, -0.2) is 38.2 Å². The molecular formula is C14H18FNO3. The molecule has 0 amide bonds. The summed E-state index contributed by atoms with van der Waals surface area (Å²) in [6.45, 7) is 1.87. The highest BCUT2D eigenvalue weighted by Gasteiger charge is 2.29. The maximum atomic E-state index is 14.0. The number of hydrogen-bond acceptors (Lipinski definition) is 4. The average molecular weight is 267 g/mol. The van der Waals surface area contributed by atoms with Crippen LogP contribution in [-0.2, 0) is 16.1 Å². The third-order valence-corrected chi connectivity index (χ3v) is 3.46. The third-order valence-electron chi connectivity index (χ3n) is 3.46. The van der Waals surface area contributed by atoms with Crippen LogP contribution >= 0.6 is 0 Å². The van der Waals surface area contributed by atoms with Crippen LogP contribution in [0.1, 0.15) is 12.0 Å². The van der Waals surface area contributed by atoms with Gasteiger partial charge in [0.05, 0.1) is 20.1 Å². The average Bonchev–Trinajstić information content (AvgIpc) is 2.89. The fraction of sp³-hybridized carbons (Fsp3) is 0.500. The Hall–Kier alpha value is -1.62. The van der Waals surface area contributed by atoms with Crippen molar-refractivity contribution < 1.29 is 18.7 Å². The molecule has 1 unspecified atom stereocenters. The van der Waals surface area contributed by atoms with Gasteiger partial charge < -0.3 is 9.47 Å². The minimum atomic E-state index is -0.327. The second-order valence-corrected chi connectivity index (χ2v) is 4.68. The van der Waals surface area contributed by atoms with Gasteiger partial charge >= 0.3 is 5.97 Å². The minimum Gasteiger partial charge on any atom is -0.494 e. The van der Waals surface area contributed by atoms with Crippen LogP contribution in [0.25, 0.3) is 0 Å². The topological polar surface area (TPSA) is 38.8 Å². The summed E-state index contributed by atoms with van der Waals surface area (Å²) in [6, 6.07) is 5.11. The molecule has 0 spiro atoms. The summed E-state index contributed by atoms with van der Waals surface area (Å²) in [5, 5.41) is 0. The van der Waals surface area contributed by atoms with Gasteiger partial charge in [0.15, 0.2) is 11.6 Å². The Bertz CT molecular complexity index is 464. The molecule has 104 valence electrons. The lowest BCUT2D eigenvalue weighted by molar-refractivity contribution is -0.144. The van der Waals surface area contributed by atoms with Crippen molar-refractivity contribution in [2.75, 3.05) is 27.3 Å². The standard InChI is InChI=1S/C14H18FNO3/c1-18-12-5-3-4-10(13(12)15)8-16-7-6-11(9-16)14(17)19-2/h3-5,11H,6-9H2,1-2H3. The first kappa shape index (κ1) is 13.8. The zero-order chi connectivity index (χ0) is 13.8. The number of benzene rings is 1. The van der Waals surface area contributed by atoms with E-state index in [0.717, 1.165) is 13.0 Å². The van der Waals surface area contributed by atoms with Gasteiger partial charge in [-0.25, -0.2) is 4.39 Å². The van der Waals surface area contributed by atoms with Crippen LogP contribution in [0.3, 0.4) is 0 Å². The molecule has 1 aromatic carbocycles. The molecule has 0 radical (unpaired) electrons.